The van der Waals surface area contributed by atoms with Gasteiger partial charge in [-0.25, -0.2) is 12.8 Å². The Bertz CT molecular complexity index is 1230. The van der Waals surface area contributed by atoms with Gasteiger partial charge in [-0.3, -0.25) is 4.79 Å². The first kappa shape index (κ1) is 22.1. The molecule has 1 amide bonds. The molecule has 3 aromatic carbocycles. The standard InChI is InChI=1S/C24H23FN2O4S/c1-26(23-10-6-5-9-20(23)18-7-3-2-4-8-18)24(28)21-17-19(11-12-22(21)25)32(29,30)27-13-15-31-16-14-27/h2-12,17H,13-16H2,1H3. The molecule has 1 heterocycles. The van der Waals surface area contributed by atoms with Crippen molar-refractivity contribution in [3.63, 3.8) is 0 Å². The van der Waals surface area contributed by atoms with Gasteiger partial charge in [0, 0.05) is 25.7 Å². The normalized spacial score (nSPS) is 14.8. The summed E-state index contributed by atoms with van der Waals surface area (Å²) in [5, 5.41) is 0. The molecule has 4 rings (SSSR count). The minimum absolute atomic E-state index is 0.117. The number of para-hydroxylation sites is 1. The van der Waals surface area contributed by atoms with E-state index in [1.54, 1.807) is 19.2 Å². The molecule has 8 heteroatoms. The molecule has 0 unspecified atom stereocenters. The lowest BCUT2D eigenvalue weighted by atomic mass is 10.0. The van der Waals surface area contributed by atoms with Crippen LogP contribution in [0.3, 0.4) is 0 Å². The van der Waals surface area contributed by atoms with Crippen LogP contribution in [0.25, 0.3) is 11.1 Å². The predicted octanol–water partition coefficient (Wildman–Crippen LogP) is 3.79. The van der Waals surface area contributed by atoms with E-state index in [1.807, 2.05) is 42.5 Å². The van der Waals surface area contributed by atoms with E-state index >= 15 is 0 Å². The van der Waals surface area contributed by atoms with E-state index in [1.165, 1.54) is 15.3 Å². The molecular weight excluding hydrogens is 431 g/mol. The zero-order valence-corrected chi connectivity index (χ0v) is 18.4. The molecule has 0 N–H and O–H groups in total. The Morgan fingerprint density at radius 2 is 1.62 bits per heavy atom. The summed E-state index contributed by atoms with van der Waals surface area (Å²) in [6, 6.07) is 20.2. The van der Waals surface area contributed by atoms with Crippen molar-refractivity contribution < 1.29 is 22.3 Å². The smallest absolute Gasteiger partial charge is 0.261 e. The van der Waals surface area contributed by atoms with E-state index in [4.69, 9.17) is 4.74 Å². The molecule has 1 fully saturated rings. The first-order chi connectivity index (χ1) is 15.4. The summed E-state index contributed by atoms with van der Waals surface area (Å²) in [5.41, 5.74) is 2.00. The van der Waals surface area contributed by atoms with E-state index in [0.29, 0.717) is 18.9 Å². The molecular formula is C24H23FN2O4S. The fourth-order valence-corrected chi connectivity index (χ4v) is 5.12. The van der Waals surface area contributed by atoms with Gasteiger partial charge in [-0.1, -0.05) is 48.5 Å². The van der Waals surface area contributed by atoms with Crippen LogP contribution in [0.2, 0.25) is 0 Å². The third-order valence-electron chi connectivity index (χ3n) is 5.43. The summed E-state index contributed by atoms with van der Waals surface area (Å²) in [7, 11) is -2.31. The quantitative estimate of drug-likeness (QED) is 0.588. The summed E-state index contributed by atoms with van der Waals surface area (Å²) in [6.45, 7) is 1.02. The largest absolute Gasteiger partial charge is 0.379 e. The van der Waals surface area contributed by atoms with Crippen molar-refractivity contribution >= 4 is 21.6 Å². The van der Waals surface area contributed by atoms with Crippen LogP contribution in [-0.4, -0.2) is 52.0 Å². The molecule has 0 radical (unpaired) electrons. The van der Waals surface area contributed by atoms with Crippen LogP contribution in [0.15, 0.2) is 77.7 Å². The van der Waals surface area contributed by atoms with Gasteiger partial charge in [-0.2, -0.15) is 4.31 Å². The van der Waals surface area contributed by atoms with Crippen LogP contribution >= 0.6 is 0 Å². The van der Waals surface area contributed by atoms with Gasteiger partial charge >= 0.3 is 0 Å². The molecule has 1 aliphatic rings. The number of carbonyl (C=O) groups is 1. The Kier molecular flexibility index (Phi) is 6.36. The first-order valence-electron chi connectivity index (χ1n) is 10.2. The van der Waals surface area contributed by atoms with Crippen LogP contribution in [0.1, 0.15) is 10.4 Å². The number of hydrogen-bond donors (Lipinski definition) is 0. The molecule has 0 atom stereocenters. The van der Waals surface area contributed by atoms with Crippen molar-refractivity contribution in [2.45, 2.75) is 4.90 Å². The van der Waals surface area contributed by atoms with Gasteiger partial charge in [0.2, 0.25) is 10.0 Å². The van der Waals surface area contributed by atoms with E-state index < -0.39 is 21.7 Å². The topological polar surface area (TPSA) is 66.9 Å². The second-order valence-electron chi connectivity index (χ2n) is 7.41. The van der Waals surface area contributed by atoms with E-state index in [9.17, 15) is 17.6 Å². The molecule has 0 saturated carbocycles. The summed E-state index contributed by atoms with van der Waals surface area (Å²) in [6.07, 6.45) is 0. The Hall–Kier alpha value is -3.07. The number of morpholine rings is 1. The Labute approximate surface area is 186 Å². The molecule has 32 heavy (non-hydrogen) atoms. The highest BCUT2D eigenvalue weighted by atomic mass is 32.2. The third kappa shape index (κ3) is 4.29. The fourth-order valence-electron chi connectivity index (χ4n) is 3.68. The number of ether oxygens (including phenoxy) is 1. The maximum atomic E-state index is 14.7. The number of nitrogens with zero attached hydrogens (tertiary/aromatic N) is 2. The van der Waals surface area contributed by atoms with E-state index in [2.05, 4.69) is 0 Å². The van der Waals surface area contributed by atoms with Crippen molar-refractivity contribution in [2.75, 3.05) is 38.3 Å². The summed E-state index contributed by atoms with van der Waals surface area (Å²) in [5.74, 6) is -1.41. The zero-order chi connectivity index (χ0) is 22.7. The van der Waals surface area contributed by atoms with Crippen LogP contribution in [-0.2, 0) is 14.8 Å². The molecule has 0 bridgehead atoms. The molecule has 0 aliphatic carbocycles. The third-order valence-corrected chi connectivity index (χ3v) is 7.33. The minimum Gasteiger partial charge on any atom is -0.379 e. The predicted molar refractivity (Wildman–Crippen MR) is 121 cm³/mol. The Morgan fingerprint density at radius 3 is 2.34 bits per heavy atom. The van der Waals surface area contributed by atoms with Crippen LogP contribution in [0, 0.1) is 5.82 Å². The van der Waals surface area contributed by atoms with E-state index in [-0.39, 0.29) is 23.5 Å². The van der Waals surface area contributed by atoms with Gasteiger partial charge in [0.25, 0.3) is 5.91 Å². The van der Waals surface area contributed by atoms with Crippen molar-refractivity contribution in [1.29, 1.82) is 0 Å². The summed E-state index contributed by atoms with van der Waals surface area (Å²) < 4.78 is 47.1. The summed E-state index contributed by atoms with van der Waals surface area (Å²) >= 11 is 0. The maximum Gasteiger partial charge on any atom is 0.261 e. The lowest BCUT2D eigenvalue weighted by molar-refractivity contribution is 0.0730. The lowest BCUT2D eigenvalue weighted by Crippen LogP contribution is -2.40. The number of rotatable bonds is 5. The minimum atomic E-state index is -3.86. The molecule has 0 aromatic heterocycles. The average Bonchev–Trinajstić information content (AvgIpc) is 2.84. The van der Waals surface area contributed by atoms with Crippen molar-refractivity contribution in [2.24, 2.45) is 0 Å². The number of sulfonamides is 1. The molecule has 6 nitrogen and oxygen atoms in total. The Balaban J connectivity index is 1.69. The van der Waals surface area contributed by atoms with Crippen molar-refractivity contribution in [3.05, 3.63) is 84.2 Å². The van der Waals surface area contributed by atoms with Gasteiger partial charge in [0.1, 0.15) is 5.82 Å². The highest BCUT2D eigenvalue weighted by Gasteiger charge is 2.29. The van der Waals surface area contributed by atoms with Gasteiger partial charge in [0.15, 0.2) is 0 Å². The van der Waals surface area contributed by atoms with Crippen LogP contribution in [0.5, 0.6) is 0 Å². The number of anilines is 1. The van der Waals surface area contributed by atoms with Gasteiger partial charge in [-0.05, 0) is 29.8 Å². The van der Waals surface area contributed by atoms with Gasteiger partial charge < -0.3 is 9.64 Å². The lowest BCUT2D eigenvalue weighted by Gasteiger charge is -2.26. The van der Waals surface area contributed by atoms with Crippen molar-refractivity contribution in [1.82, 2.24) is 4.31 Å². The van der Waals surface area contributed by atoms with Gasteiger partial charge in [0.05, 0.1) is 29.4 Å². The first-order valence-corrected chi connectivity index (χ1v) is 11.6. The molecule has 166 valence electrons. The zero-order valence-electron chi connectivity index (χ0n) is 17.6. The number of carbonyl (C=O) groups excluding carboxylic acids is 1. The second-order valence-corrected chi connectivity index (χ2v) is 9.34. The molecule has 1 aliphatic heterocycles. The van der Waals surface area contributed by atoms with E-state index in [0.717, 1.165) is 23.3 Å². The highest BCUT2D eigenvalue weighted by molar-refractivity contribution is 7.89. The van der Waals surface area contributed by atoms with Crippen LogP contribution < -0.4 is 4.90 Å². The SMILES string of the molecule is CN(C(=O)c1cc(S(=O)(=O)N2CCOCC2)ccc1F)c1ccccc1-c1ccccc1. The maximum absolute atomic E-state index is 14.7. The number of halogens is 1. The number of hydrogen-bond acceptors (Lipinski definition) is 4. The average molecular weight is 455 g/mol. The molecule has 3 aromatic rings. The van der Waals surface area contributed by atoms with Gasteiger partial charge in [-0.15, -0.1) is 0 Å². The highest BCUT2D eigenvalue weighted by Crippen LogP contribution is 2.31. The van der Waals surface area contributed by atoms with Crippen molar-refractivity contribution in [3.8, 4) is 11.1 Å². The summed E-state index contributed by atoms with van der Waals surface area (Å²) in [4.78, 5) is 14.5. The molecule has 0 spiro atoms. The second kappa shape index (κ2) is 9.20. The fraction of sp³-hybridized carbons (Fsp3) is 0.208. The number of benzene rings is 3. The monoisotopic (exact) mass is 454 g/mol. The number of amides is 1. The Morgan fingerprint density at radius 1 is 0.969 bits per heavy atom. The molecule has 1 saturated heterocycles. The van der Waals surface area contributed by atoms with Crippen LogP contribution in [0.4, 0.5) is 10.1 Å².